The molecule has 0 N–H and O–H groups in total. The molecule has 0 aliphatic carbocycles. The van der Waals surface area contributed by atoms with Gasteiger partial charge < -0.3 is 4.74 Å². The summed E-state index contributed by atoms with van der Waals surface area (Å²) < 4.78 is 7.05. The smallest absolute Gasteiger partial charge is 0.138 e. The van der Waals surface area contributed by atoms with E-state index in [2.05, 4.69) is 78.7 Å². The van der Waals surface area contributed by atoms with Gasteiger partial charge in [-0.25, -0.2) is 0 Å². The van der Waals surface area contributed by atoms with Gasteiger partial charge in [0.15, 0.2) is 0 Å². The second-order valence-corrected chi connectivity index (χ2v) is 8.62. The summed E-state index contributed by atoms with van der Waals surface area (Å²) in [6.45, 7) is 7.20. The summed E-state index contributed by atoms with van der Waals surface area (Å²) in [4.78, 5) is 8.98. The summed E-state index contributed by atoms with van der Waals surface area (Å²) in [5.74, 6) is 0.985. The molecule has 4 heteroatoms. The summed E-state index contributed by atoms with van der Waals surface area (Å²) in [5, 5.41) is 0. The minimum Gasteiger partial charge on any atom is -0.486 e. The van der Waals surface area contributed by atoms with Crippen LogP contribution in [0.25, 0.3) is 0 Å². The van der Waals surface area contributed by atoms with Gasteiger partial charge in [0.1, 0.15) is 12.4 Å². The van der Waals surface area contributed by atoms with Crippen LogP contribution in [0, 0.1) is 8.99 Å². The monoisotopic (exact) mass is 458 g/mol. The van der Waals surface area contributed by atoms with Crippen LogP contribution in [0.4, 0.5) is 0 Å². The fraction of sp³-hybridized carbons (Fsp3) is 0.273. The van der Waals surface area contributed by atoms with E-state index in [9.17, 15) is 0 Å². The lowest BCUT2D eigenvalue weighted by Gasteiger charge is -2.31. The van der Waals surface area contributed by atoms with Crippen molar-refractivity contribution in [2.45, 2.75) is 33.3 Å². The third-order valence-corrected chi connectivity index (χ3v) is 4.96. The van der Waals surface area contributed by atoms with E-state index >= 15 is 0 Å². The second-order valence-electron chi connectivity index (χ2n) is 7.38. The van der Waals surface area contributed by atoms with Crippen LogP contribution in [-0.2, 0) is 6.61 Å². The van der Waals surface area contributed by atoms with Crippen LogP contribution in [-0.4, -0.2) is 9.97 Å². The lowest BCUT2D eigenvalue weighted by molar-refractivity contribution is 0.299. The summed E-state index contributed by atoms with van der Waals surface area (Å²) in [6, 6.07) is 18.6. The van der Waals surface area contributed by atoms with Gasteiger partial charge in [-0.15, -0.1) is 0 Å². The van der Waals surface area contributed by atoms with E-state index in [0.717, 1.165) is 17.1 Å². The Morgan fingerprint density at radius 1 is 0.962 bits per heavy atom. The molecule has 0 spiro atoms. The molecule has 1 atom stereocenters. The van der Waals surface area contributed by atoms with E-state index in [0.29, 0.717) is 6.61 Å². The van der Waals surface area contributed by atoms with Crippen molar-refractivity contribution < 1.29 is 4.74 Å². The Kier molecular flexibility index (Phi) is 5.91. The van der Waals surface area contributed by atoms with Crippen molar-refractivity contribution in [1.82, 2.24) is 9.97 Å². The highest BCUT2D eigenvalue weighted by Gasteiger charge is 2.29. The molecule has 26 heavy (non-hydrogen) atoms. The molecular formula is C22H23IN2O. The van der Waals surface area contributed by atoms with E-state index in [4.69, 9.17) is 9.72 Å². The number of aromatic nitrogens is 2. The van der Waals surface area contributed by atoms with Crippen molar-refractivity contribution in [3.8, 4) is 5.75 Å². The lowest BCUT2D eigenvalue weighted by Crippen LogP contribution is -2.20. The van der Waals surface area contributed by atoms with Gasteiger partial charge in [-0.05, 0) is 70.0 Å². The molecule has 0 aliphatic rings. The SMILES string of the molecule is CC(C)(C)[C@H](c1ccc(I)cc1)c1ccc(OCc2ccccn2)cn1. The number of pyridine rings is 2. The fourth-order valence-corrected chi connectivity index (χ4v) is 3.42. The van der Waals surface area contributed by atoms with Crippen molar-refractivity contribution in [2.75, 3.05) is 0 Å². The van der Waals surface area contributed by atoms with E-state index in [1.54, 1.807) is 6.20 Å². The highest BCUT2D eigenvalue weighted by atomic mass is 127. The van der Waals surface area contributed by atoms with Gasteiger partial charge in [-0.3, -0.25) is 9.97 Å². The van der Waals surface area contributed by atoms with Crippen molar-refractivity contribution >= 4 is 22.6 Å². The number of halogens is 1. The van der Waals surface area contributed by atoms with E-state index in [1.807, 2.05) is 30.5 Å². The molecule has 0 radical (unpaired) electrons. The predicted octanol–water partition coefficient (Wildman–Crippen LogP) is 5.84. The summed E-state index contributed by atoms with van der Waals surface area (Å²) >= 11 is 2.34. The number of rotatable bonds is 5. The van der Waals surface area contributed by atoms with Crippen LogP contribution >= 0.6 is 22.6 Å². The van der Waals surface area contributed by atoms with Gasteiger partial charge in [0.2, 0.25) is 0 Å². The minimum absolute atomic E-state index is 0.0656. The zero-order chi connectivity index (χ0) is 18.6. The van der Waals surface area contributed by atoms with Crippen LogP contribution in [0.15, 0.2) is 67.0 Å². The Balaban J connectivity index is 1.79. The Bertz CT molecular complexity index is 825. The normalized spacial score (nSPS) is 12.6. The molecule has 3 rings (SSSR count). The molecule has 0 fully saturated rings. The Morgan fingerprint density at radius 2 is 1.73 bits per heavy atom. The number of hydrogen-bond donors (Lipinski definition) is 0. The number of benzene rings is 1. The number of ether oxygens (including phenoxy) is 1. The van der Waals surface area contributed by atoms with Crippen molar-refractivity contribution in [3.05, 3.63) is 87.5 Å². The molecule has 0 amide bonds. The van der Waals surface area contributed by atoms with Gasteiger partial charge in [0.25, 0.3) is 0 Å². The van der Waals surface area contributed by atoms with Gasteiger partial charge in [0, 0.05) is 21.4 Å². The predicted molar refractivity (Wildman–Crippen MR) is 113 cm³/mol. The van der Waals surface area contributed by atoms with Gasteiger partial charge >= 0.3 is 0 Å². The number of nitrogens with zero attached hydrogens (tertiary/aromatic N) is 2. The highest BCUT2D eigenvalue weighted by Crippen LogP contribution is 2.40. The summed E-state index contributed by atoms with van der Waals surface area (Å²) in [5.41, 5.74) is 3.32. The molecular weight excluding hydrogens is 435 g/mol. The molecule has 0 bridgehead atoms. The van der Waals surface area contributed by atoms with Crippen molar-refractivity contribution in [2.24, 2.45) is 5.41 Å². The van der Waals surface area contributed by atoms with E-state index in [-0.39, 0.29) is 11.3 Å². The molecule has 134 valence electrons. The van der Waals surface area contributed by atoms with Gasteiger partial charge in [0.05, 0.1) is 11.9 Å². The third kappa shape index (κ3) is 4.81. The summed E-state index contributed by atoms with van der Waals surface area (Å²) in [7, 11) is 0. The standard InChI is InChI=1S/C22H23IN2O/c1-22(2,3)21(16-7-9-17(23)10-8-16)20-12-11-19(14-25-20)26-15-18-6-4-5-13-24-18/h4-14,21H,15H2,1-3H3/t21-/m1/s1. The van der Waals surface area contributed by atoms with Crippen LogP contribution in [0.1, 0.15) is 43.6 Å². The first-order valence-corrected chi connectivity index (χ1v) is 9.75. The van der Waals surface area contributed by atoms with E-state index in [1.165, 1.54) is 9.13 Å². The first-order valence-electron chi connectivity index (χ1n) is 8.67. The largest absolute Gasteiger partial charge is 0.486 e. The number of hydrogen-bond acceptors (Lipinski definition) is 3. The topological polar surface area (TPSA) is 35.0 Å². The second kappa shape index (κ2) is 8.16. The average molecular weight is 458 g/mol. The van der Waals surface area contributed by atoms with Crippen LogP contribution < -0.4 is 4.74 Å². The molecule has 3 nitrogen and oxygen atoms in total. The van der Waals surface area contributed by atoms with Gasteiger partial charge in [-0.1, -0.05) is 39.0 Å². The minimum atomic E-state index is 0.0656. The van der Waals surface area contributed by atoms with E-state index < -0.39 is 0 Å². The average Bonchev–Trinajstić information content (AvgIpc) is 2.63. The van der Waals surface area contributed by atoms with Crippen LogP contribution in [0.3, 0.4) is 0 Å². The van der Waals surface area contributed by atoms with Crippen LogP contribution in [0.2, 0.25) is 0 Å². The molecule has 0 aliphatic heterocycles. The Labute approximate surface area is 169 Å². The fourth-order valence-electron chi connectivity index (χ4n) is 3.06. The maximum atomic E-state index is 5.81. The first-order chi connectivity index (χ1) is 12.4. The quantitative estimate of drug-likeness (QED) is 0.451. The van der Waals surface area contributed by atoms with Crippen molar-refractivity contribution in [1.29, 1.82) is 0 Å². The lowest BCUT2D eigenvalue weighted by atomic mass is 9.74. The summed E-state index contributed by atoms with van der Waals surface area (Å²) in [6.07, 6.45) is 3.58. The third-order valence-electron chi connectivity index (χ3n) is 4.24. The zero-order valence-corrected chi connectivity index (χ0v) is 17.5. The maximum absolute atomic E-state index is 5.81. The Morgan fingerprint density at radius 3 is 2.31 bits per heavy atom. The molecule has 0 saturated heterocycles. The molecule has 2 heterocycles. The zero-order valence-electron chi connectivity index (χ0n) is 15.3. The molecule has 1 aromatic carbocycles. The molecule has 3 aromatic rings. The Hall–Kier alpha value is -1.95. The van der Waals surface area contributed by atoms with Crippen molar-refractivity contribution in [3.63, 3.8) is 0 Å². The first kappa shape index (κ1) is 18.8. The van der Waals surface area contributed by atoms with Crippen LogP contribution in [0.5, 0.6) is 5.75 Å². The van der Waals surface area contributed by atoms with Gasteiger partial charge in [-0.2, -0.15) is 0 Å². The molecule has 2 aromatic heterocycles. The molecule has 0 unspecified atom stereocenters. The maximum Gasteiger partial charge on any atom is 0.138 e. The highest BCUT2D eigenvalue weighted by molar-refractivity contribution is 14.1. The molecule has 0 saturated carbocycles.